The first kappa shape index (κ1) is 15.5. The molecule has 1 rings (SSSR count). The van der Waals surface area contributed by atoms with Gasteiger partial charge in [-0.05, 0) is 31.0 Å². The molecule has 19 heavy (non-hydrogen) atoms. The molecule has 1 aromatic rings. The molecule has 0 saturated heterocycles. The number of rotatable bonds is 7. The lowest BCUT2D eigenvalue weighted by Crippen LogP contribution is -2.30. The summed E-state index contributed by atoms with van der Waals surface area (Å²) >= 11 is 0. The molecule has 1 atom stereocenters. The maximum absolute atomic E-state index is 11.9. The lowest BCUT2D eigenvalue weighted by molar-refractivity contribution is -0.124. The Hall–Kier alpha value is -1.55. The topological polar surface area (TPSA) is 64.3 Å². The zero-order valence-corrected chi connectivity index (χ0v) is 12.0. The molecule has 0 saturated carbocycles. The van der Waals surface area contributed by atoms with Crippen molar-refractivity contribution in [3.8, 4) is 5.75 Å². The van der Waals surface area contributed by atoms with Gasteiger partial charge in [0.25, 0.3) is 0 Å². The Labute approximate surface area is 115 Å². The van der Waals surface area contributed by atoms with Crippen molar-refractivity contribution in [3.05, 3.63) is 29.3 Å². The van der Waals surface area contributed by atoms with E-state index in [-0.39, 0.29) is 11.8 Å². The van der Waals surface area contributed by atoms with E-state index in [4.69, 9.17) is 10.5 Å². The van der Waals surface area contributed by atoms with Gasteiger partial charge >= 0.3 is 0 Å². The second-order valence-electron chi connectivity index (χ2n) is 4.70. The van der Waals surface area contributed by atoms with Crippen LogP contribution in [0.2, 0.25) is 0 Å². The van der Waals surface area contributed by atoms with Gasteiger partial charge in [-0.25, -0.2) is 0 Å². The molecule has 0 aliphatic heterocycles. The highest BCUT2D eigenvalue weighted by molar-refractivity contribution is 5.78. The van der Waals surface area contributed by atoms with Crippen molar-refractivity contribution < 1.29 is 9.53 Å². The van der Waals surface area contributed by atoms with E-state index in [2.05, 4.69) is 18.3 Å². The van der Waals surface area contributed by atoms with Crippen LogP contribution >= 0.6 is 0 Å². The first-order chi connectivity index (χ1) is 9.12. The van der Waals surface area contributed by atoms with Crippen LogP contribution in [0.4, 0.5) is 0 Å². The normalized spacial score (nSPS) is 12.0. The highest BCUT2D eigenvalue weighted by Crippen LogP contribution is 2.20. The number of nitrogens with two attached hydrogens (primary N) is 1. The standard InChI is InChI=1S/C15H24N2O2/c1-4-12-5-6-14(19-3)13(9-12)10-17-15(18)11(2)7-8-16/h5-6,9,11H,4,7-8,10,16H2,1-3H3,(H,17,18). The van der Waals surface area contributed by atoms with Crippen LogP contribution in [0.15, 0.2) is 18.2 Å². The number of ether oxygens (including phenoxy) is 1. The van der Waals surface area contributed by atoms with E-state index in [0.29, 0.717) is 19.5 Å². The summed E-state index contributed by atoms with van der Waals surface area (Å²) in [5.74, 6) is 0.795. The van der Waals surface area contributed by atoms with Crippen LogP contribution in [0.5, 0.6) is 5.75 Å². The molecular formula is C15H24N2O2. The van der Waals surface area contributed by atoms with Crippen LogP contribution in [0.3, 0.4) is 0 Å². The minimum atomic E-state index is -0.0506. The molecular weight excluding hydrogens is 240 g/mol. The Bertz CT molecular complexity index is 419. The summed E-state index contributed by atoms with van der Waals surface area (Å²) in [5.41, 5.74) is 7.70. The average Bonchev–Trinajstić information content (AvgIpc) is 2.44. The third kappa shape index (κ3) is 4.56. The molecule has 0 aliphatic carbocycles. The molecule has 3 N–H and O–H groups in total. The maximum Gasteiger partial charge on any atom is 0.223 e. The Morgan fingerprint density at radius 2 is 2.21 bits per heavy atom. The van der Waals surface area contributed by atoms with E-state index in [1.165, 1.54) is 5.56 Å². The van der Waals surface area contributed by atoms with Gasteiger partial charge < -0.3 is 15.8 Å². The Morgan fingerprint density at radius 3 is 2.79 bits per heavy atom. The summed E-state index contributed by atoms with van der Waals surface area (Å²) in [7, 11) is 1.64. The molecule has 0 radical (unpaired) electrons. The van der Waals surface area contributed by atoms with Crippen LogP contribution in [0.1, 0.15) is 31.4 Å². The quantitative estimate of drug-likeness (QED) is 0.790. The van der Waals surface area contributed by atoms with E-state index >= 15 is 0 Å². The van der Waals surface area contributed by atoms with E-state index in [1.807, 2.05) is 19.1 Å². The van der Waals surface area contributed by atoms with Gasteiger partial charge in [0.2, 0.25) is 5.91 Å². The Kier molecular flexibility index (Phi) is 6.36. The second-order valence-corrected chi connectivity index (χ2v) is 4.70. The number of carbonyl (C=O) groups excluding carboxylic acids is 1. The predicted octanol–water partition coefficient (Wildman–Crippen LogP) is 1.86. The molecule has 0 bridgehead atoms. The van der Waals surface area contributed by atoms with E-state index in [0.717, 1.165) is 17.7 Å². The van der Waals surface area contributed by atoms with Crippen molar-refractivity contribution >= 4 is 5.91 Å². The molecule has 106 valence electrons. The fraction of sp³-hybridized carbons (Fsp3) is 0.533. The van der Waals surface area contributed by atoms with Gasteiger partial charge in [0, 0.05) is 18.0 Å². The van der Waals surface area contributed by atoms with Crippen LogP contribution < -0.4 is 15.8 Å². The number of carbonyl (C=O) groups is 1. The summed E-state index contributed by atoms with van der Waals surface area (Å²) in [6.45, 7) is 5.02. The molecule has 0 aromatic heterocycles. The smallest absolute Gasteiger partial charge is 0.223 e. The molecule has 4 nitrogen and oxygen atoms in total. The molecule has 0 aliphatic rings. The van der Waals surface area contributed by atoms with E-state index in [9.17, 15) is 4.79 Å². The van der Waals surface area contributed by atoms with Crippen LogP contribution in [-0.2, 0) is 17.8 Å². The van der Waals surface area contributed by atoms with Gasteiger partial charge in [0.15, 0.2) is 0 Å². The molecule has 4 heteroatoms. The molecule has 0 fully saturated rings. The van der Waals surface area contributed by atoms with Crippen molar-refractivity contribution in [2.75, 3.05) is 13.7 Å². The highest BCUT2D eigenvalue weighted by atomic mass is 16.5. The summed E-state index contributed by atoms with van der Waals surface area (Å²) < 4.78 is 5.31. The van der Waals surface area contributed by atoms with Gasteiger partial charge in [-0.3, -0.25) is 4.79 Å². The van der Waals surface area contributed by atoms with Crippen molar-refractivity contribution in [2.24, 2.45) is 11.7 Å². The Balaban J connectivity index is 2.68. The van der Waals surface area contributed by atoms with Gasteiger partial charge in [0.1, 0.15) is 5.75 Å². The first-order valence-electron chi connectivity index (χ1n) is 6.75. The van der Waals surface area contributed by atoms with Gasteiger partial charge in [-0.15, -0.1) is 0 Å². The maximum atomic E-state index is 11.9. The van der Waals surface area contributed by atoms with Crippen molar-refractivity contribution in [1.82, 2.24) is 5.32 Å². The number of nitrogens with one attached hydrogen (secondary N) is 1. The van der Waals surface area contributed by atoms with Crippen LogP contribution in [0, 0.1) is 5.92 Å². The number of hydrogen-bond acceptors (Lipinski definition) is 3. The molecule has 1 amide bonds. The molecule has 1 aromatic carbocycles. The number of aryl methyl sites for hydroxylation is 1. The third-order valence-corrected chi connectivity index (χ3v) is 3.25. The van der Waals surface area contributed by atoms with Crippen LogP contribution in [-0.4, -0.2) is 19.6 Å². The highest BCUT2D eigenvalue weighted by Gasteiger charge is 2.12. The average molecular weight is 264 g/mol. The molecule has 0 spiro atoms. The second kappa shape index (κ2) is 7.79. The van der Waals surface area contributed by atoms with Gasteiger partial charge in [-0.1, -0.05) is 26.0 Å². The Morgan fingerprint density at radius 1 is 1.47 bits per heavy atom. The minimum absolute atomic E-state index is 0.0365. The third-order valence-electron chi connectivity index (χ3n) is 3.25. The largest absolute Gasteiger partial charge is 0.496 e. The van der Waals surface area contributed by atoms with Crippen molar-refractivity contribution in [2.45, 2.75) is 33.2 Å². The predicted molar refractivity (Wildman–Crippen MR) is 77.1 cm³/mol. The zero-order chi connectivity index (χ0) is 14.3. The minimum Gasteiger partial charge on any atom is -0.496 e. The van der Waals surface area contributed by atoms with Crippen molar-refractivity contribution in [3.63, 3.8) is 0 Å². The zero-order valence-electron chi connectivity index (χ0n) is 12.0. The number of benzene rings is 1. The summed E-state index contributed by atoms with van der Waals surface area (Å²) in [4.78, 5) is 11.9. The summed E-state index contributed by atoms with van der Waals surface area (Å²) in [6, 6.07) is 6.07. The van der Waals surface area contributed by atoms with Crippen LogP contribution in [0.25, 0.3) is 0 Å². The van der Waals surface area contributed by atoms with Gasteiger partial charge in [0.05, 0.1) is 7.11 Å². The summed E-state index contributed by atoms with van der Waals surface area (Å²) in [6.07, 6.45) is 1.67. The summed E-state index contributed by atoms with van der Waals surface area (Å²) in [5, 5.41) is 2.94. The number of methoxy groups -OCH3 is 1. The molecule has 0 heterocycles. The molecule has 1 unspecified atom stereocenters. The monoisotopic (exact) mass is 264 g/mol. The lowest BCUT2D eigenvalue weighted by atomic mass is 10.1. The van der Waals surface area contributed by atoms with Gasteiger partial charge in [-0.2, -0.15) is 0 Å². The first-order valence-corrected chi connectivity index (χ1v) is 6.75. The SMILES string of the molecule is CCc1ccc(OC)c(CNC(=O)C(C)CCN)c1. The number of amides is 1. The fourth-order valence-corrected chi connectivity index (χ4v) is 1.93. The van der Waals surface area contributed by atoms with Crippen molar-refractivity contribution in [1.29, 1.82) is 0 Å². The fourth-order valence-electron chi connectivity index (χ4n) is 1.93. The lowest BCUT2D eigenvalue weighted by Gasteiger charge is -2.14. The van der Waals surface area contributed by atoms with E-state index in [1.54, 1.807) is 7.11 Å². The number of hydrogen-bond donors (Lipinski definition) is 2. The van der Waals surface area contributed by atoms with E-state index < -0.39 is 0 Å².